The number of thiocarbonyl (C=S) groups is 1. The van der Waals surface area contributed by atoms with Gasteiger partial charge in [-0.25, -0.2) is 0 Å². The second-order valence-corrected chi connectivity index (χ2v) is 3.15. The van der Waals surface area contributed by atoms with E-state index in [4.69, 9.17) is 0 Å². The molecule has 1 radical (unpaired) electrons. The number of fused-ring (bicyclic) bond motifs is 1. The zero-order valence-electron chi connectivity index (χ0n) is 7.32. The maximum Gasteiger partial charge on any atom is 0.139 e. The molecule has 2 nitrogen and oxygen atoms in total. The highest BCUT2D eigenvalue weighted by molar-refractivity contribution is 7.79. The number of benzene rings is 2. The summed E-state index contributed by atoms with van der Waals surface area (Å²) in [5.74, 6) is 0.182. The number of aromatic hydroxyl groups is 1. The van der Waals surface area contributed by atoms with Gasteiger partial charge in [0.15, 0.2) is 0 Å². The van der Waals surface area contributed by atoms with E-state index in [9.17, 15) is 5.11 Å². The molecule has 0 heterocycles. The normalized spacial score (nSPS) is 10.0. The van der Waals surface area contributed by atoms with Gasteiger partial charge in [-0.1, -0.05) is 36.5 Å². The first kappa shape index (κ1) is 8.97. The average Bonchev–Trinajstić information content (AvgIpc) is 2.19. The number of anilines is 1. The van der Waals surface area contributed by atoms with Crippen molar-refractivity contribution in [3.8, 4) is 5.75 Å². The molecule has 2 aromatic rings. The summed E-state index contributed by atoms with van der Waals surface area (Å²) in [7, 11) is 0. The highest BCUT2D eigenvalue weighted by atomic mass is 32.1. The summed E-state index contributed by atoms with van der Waals surface area (Å²) in [5, 5.41) is 14.3. The minimum Gasteiger partial charge on any atom is -0.506 e. The maximum absolute atomic E-state index is 9.59. The summed E-state index contributed by atoms with van der Waals surface area (Å²) in [4.78, 5) is 0. The third-order valence-corrected chi connectivity index (χ3v) is 2.15. The second kappa shape index (κ2) is 3.64. The molecule has 0 unspecified atom stereocenters. The molecular weight excluding hydrogens is 194 g/mol. The molecule has 3 heteroatoms. The second-order valence-electron chi connectivity index (χ2n) is 2.94. The first-order valence-corrected chi connectivity index (χ1v) is 4.57. The van der Waals surface area contributed by atoms with E-state index in [1.807, 2.05) is 30.3 Å². The molecule has 0 saturated heterocycles. The van der Waals surface area contributed by atoms with Crippen LogP contribution >= 0.6 is 12.2 Å². The maximum atomic E-state index is 9.59. The Morgan fingerprint density at radius 1 is 1.14 bits per heavy atom. The van der Waals surface area contributed by atoms with Crippen molar-refractivity contribution in [2.24, 2.45) is 0 Å². The quantitative estimate of drug-likeness (QED) is 0.446. The van der Waals surface area contributed by atoms with Crippen LogP contribution in [0.3, 0.4) is 0 Å². The lowest BCUT2D eigenvalue weighted by Crippen LogP contribution is -1.92. The summed E-state index contributed by atoms with van der Waals surface area (Å²) < 4.78 is 0. The number of hydrogen-bond donors (Lipinski definition) is 2. The highest BCUT2D eigenvalue weighted by Gasteiger charge is 2.01. The lowest BCUT2D eigenvalue weighted by molar-refractivity contribution is 0.479. The minimum atomic E-state index is 0.182. The molecule has 0 fully saturated rings. The van der Waals surface area contributed by atoms with Crippen molar-refractivity contribution in [1.82, 2.24) is 0 Å². The van der Waals surface area contributed by atoms with Crippen molar-refractivity contribution in [2.45, 2.75) is 0 Å². The molecule has 2 aromatic carbocycles. The van der Waals surface area contributed by atoms with Gasteiger partial charge in [-0.2, -0.15) is 0 Å². The topological polar surface area (TPSA) is 32.3 Å². The van der Waals surface area contributed by atoms with Crippen molar-refractivity contribution in [3.05, 3.63) is 36.4 Å². The Kier molecular flexibility index (Phi) is 2.33. The van der Waals surface area contributed by atoms with Crippen LogP contribution in [0.4, 0.5) is 5.69 Å². The van der Waals surface area contributed by atoms with Gasteiger partial charge >= 0.3 is 0 Å². The van der Waals surface area contributed by atoms with Crippen LogP contribution in [-0.4, -0.2) is 10.6 Å². The molecule has 0 spiro atoms. The standard InChI is InChI=1S/C11H8NOS/c13-11-6-9-4-2-1-3-8(9)5-10(11)12-7-14/h1-6,13H,(H,12,14). The van der Waals surface area contributed by atoms with Crippen LogP contribution < -0.4 is 5.32 Å². The Morgan fingerprint density at radius 3 is 2.43 bits per heavy atom. The number of phenols is 1. The van der Waals surface area contributed by atoms with Crippen molar-refractivity contribution in [1.29, 1.82) is 0 Å². The van der Waals surface area contributed by atoms with Crippen molar-refractivity contribution >= 4 is 34.2 Å². The molecule has 0 amide bonds. The van der Waals surface area contributed by atoms with Gasteiger partial charge in [-0.15, -0.1) is 0 Å². The molecule has 0 aromatic heterocycles. The van der Waals surface area contributed by atoms with E-state index < -0.39 is 0 Å². The first-order valence-electron chi connectivity index (χ1n) is 4.16. The smallest absolute Gasteiger partial charge is 0.139 e. The van der Waals surface area contributed by atoms with Gasteiger partial charge in [0.2, 0.25) is 0 Å². The number of phenolic OH excluding ortho intramolecular Hbond substituents is 1. The van der Waals surface area contributed by atoms with Crippen LogP contribution in [0.1, 0.15) is 0 Å². The Balaban J connectivity index is 2.64. The monoisotopic (exact) mass is 202 g/mol. The fourth-order valence-corrected chi connectivity index (χ4v) is 1.49. The van der Waals surface area contributed by atoms with Gasteiger partial charge in [-0.05, 0) is 22.9 Å². The van der Waals surface area contributed by atoms with Crippen LogP contribution in [0, 0.1) is 0 Å². The summed E-state index contributed by atoms with van der Waals surface area (Å²) in [6.07, 6.45) is 0. The Labute approximate surface area is 87.2 Å². The molecule has 0 atom stereocenters. The van der Waals surface area contributed by atoms with Crippen LogP contribution in [0.15, 0.2) is 36.4 Å². The van der Waals surface area contributed by atoms with Crippen LogP contribution in [-0.2, 0) is 0 Å². The van der Waals surface area contributed by atoms with Gasteiger partial charge in [0.25, 0.3) is 0 Å². The molecule has 2 N–H and O–H groups in total. The van der Waals surface area contributed by atoms with Gasteiger partial charge in [0, 0.05) is 0 Å². The fraction of sp³-hybridized carbons (Fsp3) is 0. The van der Waals surface area contributed by atoms with Crippen molar-refractivity contribution < 1.29 is 5.11 Å². The molecule has 2 rings (SSSR count). The van der Waals surface area contributed by atoms with E-state index in [1.54, 1.807) is 6.07 Å². The first-order chi connectivity index (χ1) is 6.81. The number of rotatable bonds is 2. The van der Waals surface area contributed by atoms with E-state index in [2.05, 4.69) is 23.0 Å². The number of nitrogens with one attached hydrogen (secondary N) is 1. The Bertz CT molecular complexity index is 482. The lowest BCUT2D eigenvalue weighted by atomic mass is 10.1. The average molecular weight is 202 g/mol. The predicted octanol–water partition coefficient (Wildman–Crippen LogP) is 2.79. The molecule has 0 aliphatic carbocycles. The third kappa shape index (κ3) is 1.54. The van der Waals surface area contributed by atoms with Gasteiger partial charge in [0.1, 0.15) is 11.2 Å². The van der Waals surface area contributed by atoms with E-state index in [1.165, 1.54) is 0 Å². The van der Waals surface area contributed by atoms with E-state index in [0.717, 1.165) is 10.8 Å². The third-order valence-electron chi connectivity index (χ3n) is 2.05. The molecule has 0 saturated carbocycles. The fourth-order valence-electron chi connectivity index (χ4n) is 1.38. The largest absolute Gasteiger partial charge is 0.506 e. The molecule has 14 heavy (non-hydrogen) atoms. The van der Waals surface area contributed by atoms with E-state index >= 15 is 0 Å². The number of hydrogen-bond acceptors (Lipinski definition) is 2. The van der Waals surface area contributed by atoms with Crippen molar-refractivity contribution in [3.63, 3.8) is 0 Å². The predicted molar refractivity (Wildman–Crippen MR) is 61.8 cm³/mol. The van der Waals surface area contributed by atoms with Crippen LogP contribution in [0.5, 0.6) is 5.75 Å². The zero-order chi connectivity index (χ0) is 9.97. The zero-order valence-corrected chi connectivity index (χ0v) is 8.14. The van der Waals surface area contributed by atoms with Gasteiger partial charge in [-0.3, -0.25) is 0 Å². The molecule has 0 aliphatic rings. The van der Waals surface area contributed by atoms with Gasteiger partial charge < -0.3 is 10.4 Å². The van der Waals surface area contributed by atoms with Crippen LogP contribution in [0.2, 0.25) is 0 Å². The van der Waals surface area contributed by atoms with Crippen molar-refractivity contribution in [2.75, 3.05) is 5.32 Å². The summed E-state index contributed by atoms with van der Waals surface area (Å²) in [5.41, 5.74) is 2.94. The highest BCUT2D eigenvalue weighted by Crippen LogP contribution is 2.28. The molecular formula is C11H8NOS. The Morgan fingerprint density at radius 2 is 1.79 bits per heavy atom. The summed E-state index contributed by atoms with van der Waals surface area (Å²) in [6, 6.07) is 11.3. The Hall–Kier alpha value is -1.61. The molecule has 0 aliphatic heterocycles. The van der Waals surface area contributed by atoms with Gasteiger partial charge in [0.05, 0.1) is 5.69 Å². The SMILES string of the molecule is Oc1cc2ccccc2cc1N[C]=S. The van der Waals surface area contributed by atoms with Crippen LogP contribution in [0.25, 0.3) is 10.8 Å². The lowest BCUT2D eigenvalue weighted by Gasteiger charge is -2.05. The van der Waals surface area contributed by atoms with E-state index in [0.29, 0.717) is 5.69 Å². The molecule has 69 valence electrons. The summed E-state index contributed by atoms with van der Waals surface area (Å²) in [6.45, 7) is 0. The van der Waals surface area contributed by atoms with E-state index in [-0.39, 0.29) is 5.75 Å². The summed E-state index contributed by atoms with van der Waals surface area (Å²) >= 11 is 4.54. The minimum absolute atomic E-state index is 0.182. The molecule has 0 bridgehead atoms.